The van der Waals surface area contributed by atoms with Crippen LogP contribution in [-0.4, -0.2) is 5.97 Å². The molecule has 0 spiro atoms. The van der Waals surface area contributed by atoms with Gasteiger partial charge in [-0.15, -0.1) is 0 Å². The summed E-state index contributed by atoms with van der Waals surface area (Å²) >= 11 is 0. The molecule has 1 aromatic rings. The standard InChI is InChI=1S/C10H9O2/c1-2-6-10(11)12-9-7-4-3-5-8-9/h3-8H,1H3. The highest BCUT2D eigenvalue weighted by molar-refractivity contribution is 5.83. The van der Waals surface area contributed by atoms with Crippen molar-refractivity contribution in [3.8, 4) is 5.75 Å². The normalized spacial score (nSPS) is 10.1. The molecule has 1 aromatic carbocycles. The summed E-state index contributed by atoms with van der Waals surface area (Å²) in [6.07, 6.45) is 3.85. The van der Waals surface area contributed by atoms with Gasteiger partial charge in [-0.3, -0.25) is 0 Å². The van der Waals surface area contributed by atoms with E-state index in [0.717, 1.165) is 0 Å². The number of rotatable bonds is 2. The van der Waals surface area contributed by atoms with Gasteiger partial charge in [-0.05, 0) is 25.1 Å². The van der Waals surface area contributed by atoms with E-state index in [1.807, 2.05) is 18.2 Å². The van der Waals surface area contributed by atoms with Gasteiger partial charge in [-0.2, -0.15) is 0 Å². The first-order valence-electron chi connectivity index (χ1n) is 3.60. The van der Waals surface area contributed by atoms with Crippen LogP contribution in [0.5, 0.6) is 5.75 Å². The molecule has 0 bridgehead atoms. The predicted octanol–water partition coefficient (Wildman–Crippen LogP) is 1.97. The van der Waals surface area contributed by atoms with Crippen molar-refractivity contribution in [3.05, 3.63) is 42.5 Å². The van der Waals surface area contributed by atoms with E-state index in [1.54, 1.807) is 19.1 Å². The Hall–Kier alpha value is -1.57. The Morgan fingerprint density at radius 2 is 2.08 bits per heavy atom. The fourth-order valence-corrected chi connectivity index (χ4v) is 0.752. The summed E-state index contributed by atoms with van der Waals surface area (Å²) in [5, 5.41) is 0. The minimum absolute atomic E-state index is 0.399. The second-order valence-corrected chi connectivity index (χ2v) is 2.17. The van der Waals surface area contributed by atoms with E-state index in [1.165, 1.54) is 6.08 Å². The molecule has 0 aliphatic heterocycles. The maximum Gasteiger partial charge on any atom is 0.336 e. The molecular weight excluding hydrogens is 152 g/mol. The van der Waals surface area contributed by atoms with Gasteiger partial charge < -0.3 is 4.74 Å². The molecule has 12 heavy (non-hydrogen) atoms. The minimum atomic E-state index is -0.399. The van der Waals surface area contributed by atoms with E-state index in [2.05, 4.69) is 6.08 Å². The highest BCUT2D eigenvalue weighted by Crippen LogP contribution is 2.08. The fraction of sp³-hybridized carbons (Fsp3) is 0.100. The molecule has 0 aromatic heterocycles. The summed E-state index contributed by atoms with van der Waals surface area (Å²) < 4.78 is 4.90. The summed E-state index contributed by atoms with van der Waals surface area (Å²) in [5.74, 6) is 0.151. The number of hydrogen-bond acceptors (Lipinski definition) is 2. The van der Waals surface area contributed by atoms with Gasteiger partial charge in [0.2, 0.25) is 0 Å². The molecule has 1 rings (SSSR count). The first kappa shape index (κ1) is 8.53. The van der Waals surface area contributed by atoms with Crippen LogP contribution in [0.2, 0.25) is 0 Å². The molecule has 1 radical (unpaired) electrons. The predicted molar refractivity (Wildman–Crippen MR) is 45.6 cm³/mol. The Labute approximate surface area is 71.5 Å². The Bertz CT molecular complexity index is 275. The molecule has 0 saturated carbocycles. The van der Waals surface area contributed by atoms with Crippen LogP contribution in [0, 0.1) is 6.08 Å². The highest BCUT2D eigenvalue weighted by Gasteiger charge is 1.96. The van der Waals surface area contributed by atoms with Crippen molar-refractivity contribution in [1.82, 2.24) is 0 Å². The van der Waals surface area contributed by atoms with Crippen molar-refractivity contribution in [1.29, 1.82) is 0 Å². The molecule has 0 heterocycles. The number of benzene rings is 1. The van der Waals surface area contributed by atoms with E-state index in [-0.39, 0.29) is 0 Å². The number of hydrogen-bond donors (Lipinski definition) is 0. The lowest BCUT2D eigenvalue weighted by Crippen LogP contribution is -2.02. The molecule has 0 saturated heterocycles. The van der Waals surface area contributed by atoms with Gasteiger partial charge in [-0.1, -0.05) is 18.2 Å². The Balaban J connectivity index is 2.59. The first-order valence-corrected chi connectivity index (χ1v) is 3.60. The lowest BCUT2D eigenvalue weighted by Gasteiger charge is -1.98. The molecular formula is C10H9O2. The third-order valence-electron chi connectivity index (χ3n) is 1.22. The van der Waals surface area contributed by atoms with Crippen LogP contribution < -0.4 is 4.74 Å². The number of carbonyl (C=O) groups is 1. The van der Waals surface area contributed by atoms with Gasteiger partial charge in [0.25, 0.3) is 0 Å². The number of ether oxygens (including phenoxy) is 1. The highest BCUT2D eigenvalue weighted by atomic mass is 16.5. The first-order chi connectivity index (χ1) is 5.83. The SMILES string of the molecule is C[C]=CC(=O)Oc1ccccc1. The van der Waals surface area contributed by atoms with Crippen LogP contribution >= 0.6 is 0 Å². The minimum Gasteiger partial charge on any atom is -0.423 e. The van der Waals surface area contributed by atoms with Crippen LogP contribution in [0.1, 0.15) is 6.92 Å². The van der Waals surface area contributed by atoms with Gasteiger partial charge in [0, 0.05) is 6.08 Å². The topological polar surface area (TPSA) is 26.3 Å². The Morgan fingerprint density at radius 3 is 2.67 bits per heavy atom. The molecule has 2 heteroatoms. The van der Waals surface area contributed by atoms with E-state index < -0.39 is 5.97 Å². The fourth-order valence-electron chi connectivity index (χ4n) is 0.752. The molecule has 0 aliphatic carbocycles. The quantitative estimate of drug-likeness (QED) is 0.376. The summed E-state index contributed by atoms with van der Waals surface area (Å²) in [4.78, 5) is 10.9. The van der Waals surface area contributed by atoms with Crippen molar-refractivity contribution in [2.75, 3.05) is 0 Å². The zero-order chi connectivity index (χ0) is 8.81. The zero-order valence-corrected chi connectivity index (χ0v) is 6.78. The number of allylic oxidation sites excluding steroid dienone is 1. The smallest absolute Gasteiger partial charge is 0.336 e. The molecule has 0 aliphatic rings. The summed E-state index contributed by atoms with van der Waals surface area (Å²) in [5.41, 5.74) is 0. The number of para-hydroxylation sites is 1. The largest absolute Gasteiger partial charge is 0.423 e. The molecule has 61 valence electrons. The second-order valence-electron chi connectivity index (χ2n) is 2.17. The van der Waals surface area contributed by atoms with Crippen molar-refractivity contribution >= 4 is 5.97 Å². The molecule has 0 atom stereocenters. The summed E-state index contributed by atoms with van der Waals surface area (Å²) in [7, 11) is 0. The third-order valence-corrected chi connectivity index (χ3v) is 1.22. The van der Waals surface area contributed by atoms with E-state index in [9.17, 15) is 4.79 Å². The summed E-state index contributed by atoms with van der Waals surface area (Å²) in [6.45, 7) is 1.65. The van der Waals surface area contributed by atoms with Crippen LogP contribution in [0.3, 0.4) is 0 Å². The van der Waals surface area contributed by atoms with E-state index >= 15 is 0 Å². The van der Waals surface area contributed by atoms with Gasteiger partial charge >= 0.3 is 5.97 Å². The Morgan fingerprint density at radius 1 is 1.42 bits per heavy atom. The maximum absolute atomic E-state index is 10.9. The van der Waals surface area contributed by atoms with Crippen molar-refractivity contribution in [2.45, 2.75) is 6.92 Å². The van der Waals surface area contributed by atoms with Gasteiger partial charge in [0.05, 0.1) is 0 Å². The lowest BCUT2D eigenvalue weighted by atomic mass is 10.3. The Kier molecular flexibility index (Phi) is 3.08. The molecule has 0 fully saturated rings. The van der Waals surface area contributed by atoms with Gasteiger partial charge in [0.1, 0.15) is 5.75 Å². The second kappa shape index (κ2) is 4.34. The van der Waals surface area contributed by atoms with Crippen molar-refractivity contribution in [2.24, 2.45) is 0 Å². The number of carbonyl (C=O) groups excluding carboxylic acids is 1. The molecule has 2 nitrogen and oxygen atoms in total. The third kappa shape index (κ3) is 2.58. The average Bonchev–Trinajstić information content (AvgIpc) is 2.06. The van der Waals surface area contributed by atoms with Gasteiger partial charge in [0.15, 0.2) is 0 Å². The maximum atomic E-state index is 10.9. The van der Waals surface area contributed by atoms with E-state index in [0.29, 0.717) is 5.75 Å². The monoisotopic (exact) mass is 161 g/mol. The lowest BCUT2D eigenvalue weighted by molar-refractivity contribution is -0.129. The van der Waals surface area contributed by atoms with E-state index in [4.69, 9.17) is 4.74 Å². The summed E-state index contributed by atoms with van der Waals surface area (Å²) in [6, 6.07) is 8.92. The van der Waals surface area contributed by atoms with Crippen LogP contribution in [0.4, 0.5) is 0 Å². The molecule has 0 N–H and O–H groups in total. The molecule has 0 amide bonds. The zero-order valence-electron chi connectivity index (χ0n) is 6.78. The van der Waals surface area contributed by atoms with Crippen molar-refractivity contribution in [3.63, 3.8) is 0 Å². The van der Waals surface area contributed by atoms with Crippen LogP contribution in [0.25, 0.3) is 0 Å². The average molecular weight is 161 g/mol. The number of esters is 1. The molecule has 0 unspecified atom stereocenters. The van der Waals surface area contributed by atoms with Crippen LogP contribution in [-0.2, 0) is 4.79 Å². The van der Waals surface area contributed by atoms with Crippen molar-refractivity contribution < 1.29 is 9.53 Å². The van der Waals surface area contributed by atoms with Crippen LogP contribution in [0.15, 0.2) is 36.4 Å². The van der Waals surface area contributed by atoms with Gasteiger partial charge in [-0.25, -0.2) is 4.79 Å².